The topological polar surface area (TPSA) is 51.2 Å². The second kappa shape index (κ2) is 6.65. The minimum Gasteiger partial charge on any atom is -0.459 e. The molecule has 0 unspecified atom stereocenters. The van der Waals surface area contributed by atoms with Gasteiger partial charge in [0.1, 0.15) is 12.4 Å². The highest BCUT2D eigenvalue weighted by Crippen LogP contribution is 2.11. The molecule has 1 N–H and O–H groups in total. The Kier molecular flexibility index (Phi) is 4.65. The molecule has 0 aliphatic carbocycles. The summed E-state index contributed by atoms with van der Waals surface area (Å²) >= 11 is 0. The summed E-state index contributed by atoms with van der Waals surface area (Å²) < 4.78 is 17.9. The van der Waals surface area contributed by atoms with Crippen molar-refractivity contribution in [3.63, 3.8) is 0 Å². The number of hydrogen-bond acceptors (Lipinski definition) is 4. The van der Waals surface area contributed by atoms with Crippen molar-refractivity contribution in [3.05, 3.63) is 59.7 Å². The Bertz CT molecular complexity index is 602. The first-order valence-corrected chi connectivity index (χ1v) is 6.20. The largest absolute Gasteiger partial charge is 0.459 e. The highest BCUT2D eigenvalue weighted by molar-refractivity contribution is 5.65. The molecule has 20 heavy (non-hydrogen) atoms. The van der Waals surface area contributed by atoms with Gasteiger partial charge in [0, 0.05) is 25.4 Å². The van der Waals surface area contributed by atoms with Crippen molar-refractivity contribution >= 4 is 11.7 Å². The van der Waals surface area contributed by atoms with Crippen molar-refractivity contribution in [1.29, 1.82) is 0 Å². The van der Waals surface area contributed by atoms with Crippen LogP contribution in [0.5, 0.6) is 0 Å². The number of anilines is 1. The number of aromatic nitrogens is 1. The average molecular weight is 274 g/mol. The van der Waals surface area contributed by atoms with E-state index in [2.05, 4.69) is 10.3 Å². The first-order chi connectivity index (χ1) is 9.63. The van der Waals surface area contributed by atoms with Crippen LogP contribution < -0.4 is 5.32 Å². The van der Waals surface area contributed by atoms with Crippen LogP contribution >= 0.6 is 0 Å². The lowest BCUT2D eigenvalue weighted by Gasteiger charge is -2.08. The van der Waals surface area contributed by atoms with E-state index in [4.69, 9.17) is 4.74 Å². The fourth-order valence-electron chi connectivity index (χ4n) is 1.69. The third kappa shape index (κ3) is 4.35. The summed E-state index contributed by atoms with van der Waals surface area (Å²) in [5.74, 6) is -0.598. The van der Waals surface area contributed by atoms with Crippen LogP contribution in [0.25, 0.3) is 0 Å². The minimum absolute atomic E-state index is 0.144. The molecule has 2 rings (SSSR count). The van der Waals surface area contributed by atoms with Crippen molar-refractivity contribution in [2.24, 2.45) is 0 Å². The zero-order valence-corrected chi connectivity index (χ0v) is 11.1. The van der Waals surface area contributed by atoms with E-state index in [1.54, 1.807) is 24.4 Å². The number of hydrogen-bond donors (Lipinski definition) is 1. The number of carbonyl (C=O) groups excluding carboxylic acids is 1. The van der Waals surface area contributed by atoms with E-state index in [0.717, 1.165) is 11.3 Å². The van der Waals surface area contributed by atoms with Crippen LogP contribution in [0.3, 0.4) is 0 Å². The number of benzene rings is 1. The highest BCUT2D eigenvalue weighted by Gasteiger charge is 2.01. The Labute approximate surface area is 116 Å². The lowest BCUT2D eigenvalue weighted by molar-refractivity contribution is -0.142. The molecule has 0 atom stereocenters. The van der Waals surface area contributed by atoms with Crippen LogP contribution in [0.15, 0.2) is 42.6 Å². The SMILES string of the molecule is CC(=O)OCc1cc(NCc2cccc(F)c2)ccn1. The van der Waals surface area contributed by atoms with Gasteiger partial charge in [0.15, 0.2) is 0 Å². The molecule has 0 saturated heterocycles. The summed E-state index contributed by atoms with van der Waals surface area (Å²) in [6.07, 6.45) is 1.63. The van der Waals surface area contributed by atoms with Gasteiger partial charge in [-0.05, 0) is 29.8 Å². The number of ether oxygens (including phenoxy) is 1. The van der Waals surface area contributed by atoms with Crippen molar-refractivity contribution < 1.29 is 13.9 Å². The summed E-state index contributed by atoms with van der Waals surface area (Å²) in [4.78, 5) is 14.8. The smallest absolute Gasteiger partial charge is 0.303 e. The van der Waals surface area contributed by atoms with Crippen molar-refractivity contribution in [1.82, 2.24) is 4.98 Å². The van der Waals surface area contributed by atoms with Gasteiger partial charge in [-0.3, -0.25) is 9.78 Å². The Hall–Kier alpha value is -2.43. The zero-order chi connectivity index (χ0) is 14.4. The lowest BCUT2D eigenvalue weighted by atomic mass is 10.2. The van der Waals surface area contributed by atoms with Gasteiger partial charge in [0.05, 0.1) is 5.69 Å². The lowest BCUT2D eigenvalue weighted by Crippen LogP contribution is -2.03. The van der Waals surface area contributed by atoms with Crippen LogP contribution in [-0.4, -0.2) is 11.0 Å². The fraction of sp³-hybridized carbons (Fsp3) is 0.200. The molecule has 1 aromatic heterocycles. The zero-order valence-electron chi connectivity index (χ0n) is 11.1. The van der Waals surface area contributed by atoms with Crippen molar-refractivity contribution in [2.45, 2.75) is 20.1 Å². The predicted octanol–water partition coefficient (Wildman–Crippen LogP) is 2.90. The number of esters is 1. The molecule has 0 saturated carbocycles. The van der Waals surface area contributed by atoms with Gasteiger partial charge in [0.2, 0.25) is 0 Å². The standard InChI is InChI=1S/C15H15FN2O2/c1-11(19)20-10-15-8-14(5-6-17-15)18-9-12-3-2-4-13(16)7-12/h2-8H,9-10H2,1H3,(H,17,18). The van der Waals surface area contributed by atoms with Gasteiger partial charge in [-0.2, -0.15) is 0 Å². The van der Waals surface area contributed by atoms with E-state index in [0.29, 0.717) is 12.2 Å². The molecule has 0 radical (unpaired) electrons. The molecule has 0 spiro atoms. The summed E-state index contributed by atoms with van der Waals surface area (Å²) in [6.45, 7) is 2.01. The van der Waals surface area contributed by atoms with Gasteiger partial charge in [-0.1, -0.05) is 12.1 Å². The van der Waals surface area contributed by atoms with E-state index in [9.17, 15) is 9.18 Å². The number of pyridine rings is 1. The molecular weight excluding hydrogens is 259 g/mol. The van der Waals surface area contributed by atoms with Gasteiger partial charge < -0.3 is 10.1 Å². The average Bonchev–Trinajstić information content (AvgIpc) is 2.43. The van der Waals surface area contributed by atoms with E-state index in [1.165, 1.54) is 19.1 Å². The summed E-state index contributed by atoms with van der Waals surface area (Å²) in [5, 5.41) is 3.17. The van der Waals surface area contributed by atoms with Crippen LogP contribution in [0, 0.1) is 5.82 Å². The van der Waals surface area contributed by atoms with E-state index >= 15 is 0 Å². The van der Waals surface area contributed by atoms with Gasteiger partial charge in [-0.25, -0.2) is 4.39 Å². The third-order valence-electron chi connectivity index (χ3n) is 2.63. The molecule has 5 heteroatoms. The molecule has 4 nitrogen and oxygen atoms in total. The van der Waals surface area contributed by atoms with E-state index in [-0.39, 0.29) is 18.4 Å². The monoisotopic (exact) mass is 274 g/mol. The van der Waals surface area contributed by atoms with Crippen LogP contribution in [0.4, 0.5) is 10.1 Å². The Morgan fingerprint density at radius 2 is 2.20 bits per heavy atom. The minimum atomic E-state index is -0.343. The maximum Gasteiger partial charge on any atom is 0.303 e. The van der Waals surface area contributed by atoms with E-state index < -0.39 is 0 Å². The normalized spacial score (nSPS) is 10.1. The van der Waals surface area contributed by atoms with Crippen molar-refractivity contribution in [2.75, 3.05) is 5.32 Å². The van der Waals surface area contributed by atoms with Crippen molar-refractivity contribution in [3.8, 4) is 0 Å². The summed E-state index contributed by atoms with van der Waals surface area (Å²) in [6, 6.07) is 10.0. The molecule has 0 amide bonds. The molecule has 1 heterocycles. The molecule has 1 aromatic carbocycles. The Morgan fingerprint density at radius 3 is 2.95 bits per heavy atom. The Balaban J connectivity index is 1.95. The number of halogens is 1. The summed E-state index contributed by atoms with van der Waals surface area (Å²) in [7, 11) is 0. The molecule has 104 valence electrons. The molecule has 0 aliphatic rings. The van der Waals surface area contributed by atoms with Crippen LogP contribution in [-0.2, 0) is 22.7 Å². The second-order valence-electron chi connectivity index (χ2n) is 4.30. The van der Waals surface area contributed by atoms with Gasteiger partial charge in [0.25, 0.3) is 0 Å². The molecular formula is C15H15FN2O2. The highest BCUT2D eigenvalue weighted by atomic mass is 19.1. The first kappa shape index (κ1) is 14.0. The van der Waals surface area contributed by atoms with Gasteiger partial charge in [-0.15, -0.1) is 0 Å². The quantitative estimate of drug-likeness (QED) is 0.852. The summed E-state index contributed by atoms with van der Waals surface area (Å²) in [5.41, 5.74) is 2.35. The Morgan fingerprint density at radius 1 is 1.35 bits per heavy atom. The van der Waals surface area contributed by atoms with Crippen LogP contribution in [0.1, 0.15) is 18.2 Å². The number of nitrogens with zero attached hydrogens (tertiary/aromatic N) is 1. The first-order valence-electron chi connectivity index (χ1n) is 6.20. The predicted molar refractivity (Wildman–Crippen MR) is 73.4 cm³/mol. The molecule has 0 aliphatic heterocycles. The maximum atomic E-state index is 13.0. The molecule has 0 fully saturated rings. The van der Waals surface area contributed by atoms with E-state index in [1.807, 2.05) is 6.07 Å². The molecule has 0 bridgehead atoms. The number of rotatable bonds is 5. The third-order valence-corrected chi connectivity index (χ3v) is 2.63. The van der Waals surface area contributed by atoms with Gasteiger partial charge >= 0.3 is 5.97 Å². The second-order valence-corrected chi connectivity index (χ2v) is 4.30. The number of nitrogens with one attached hydrogen (secondary N) is 1. The number of carbonyl (C=O) groups is 1. The fourth-order valence-corrected chi connectivity index (χ4v) is 1.69. The molecule has 2 aromatic rings. The maximum absolute atomic E-state index is 13.0. The van der Waals surface area contributed by atoms with Crippen LogP contribution in [0.2, 0.25) is 0 Å².